The first kappa shape index (κ1) is 9.38. The normalized spacial score (nSPS) is 18.0. The monoisotopic (exact) mass is 191 g/mol. The molecule has 0 saturated heterocycles. The molecule has 0 bridgehead atoms. The van der Waals surface area contributed by atoms with Gasteiger partial charge in [0.05, 0.1) is 0 Å². The molecule has 2 rings (SSSR count). The van der Waals surface area contributed by atoms with Gasteiger partial charge in [-0.2, -0.15) is 0 Å². The van der Waals surface area contributed by atoms with Crippen LogP contribution in [0.15, 0.2) is 24.3 Å². The van der Waals surface area contributed by atoms with Crippen LogP contribution in [0.4, 0.5) is 5.69 Å². The smallest absolute Gasteiger partial charge is 0.117 e. The van der Waals surface area contributed by atoms with Gasteiger partial charge < -0.3 is 10.4 Å². The summed E-state index contributed by atoms with van der Waals surface area (Å²) in [6.07, 6.45) is 6.55. The first-order valence-corrected chi connectivity index (χ1v) is 5.40. The quantitative estimate of drug-likeness (QED) is 0.752. The zero-order valence-corrected chi connectivity index (χ0v) is 8.37. The van der Waals surface area contributed by atoms with Crippen LogP contribution >= 0.6 is 0 Å². The molecule has 0 aliphatic heterocycles. The number of phenols is 1. The first-order valence-electron chi connectivity index (χ1n) is 5.40. The minimum atomic E-state index is 0.339. The van der Waals surface area contributed by atoms with Gasteiger partial charge in [-0.25, -0.2) is 0 Å². The van der Waals surface area contributed by atoms with Gasteiger partial charge in [0.1, 0.15) is 5.75 Å². The van der Waals surface area contributed by atoms with E-state index < -0.39 is 0 Å². The molecule has 76 valence electrons. The van der Waals surface area contributed by atoms with Crippen molar-refractivity contribution < 1.29 is 5.11 Å². The predicted octanol–water partition coefficient (Wildman–Crippen LogP) is 3.14. The maximum Gasteiger partial charge on any atom is 0.117 e. The second-order valence-electron chi connectivity index (χ2n) is 4.03. The van der Waals surface area contributed by atoms with E-state index in [9.17, 15) is 5.11 Å². The van der Waals surface area contributed by atoms with Gasteiger partial charge in [-0.1, -0.05) is 25.3 Å². The fourth-order valence-corrected chi connectivity index (χ4v) is 2.08. The molecule has 0 amide bonds. The summed E-state index contributed by atoms with van der Waals surface area (Å²) in [4.78, 5) is 0. The van der Waals surface area contributed by atoms with E-state index in [-0.39, 0.29) is 0 Å². The highest BCUT2D eigenvalue weighted by Crippen LogP contribution is 2.23. The number of hydrogen-bond donors (Lipinski definition) is 2. The Balaban J connectivity index is 1.95. The van der Waals surface area contributed by atoms with Crippen LogP contribution in [0.25, 0.3) is 0 Å². The summed E-state index contributed by atoms with van der Waals surface area (Å²) in [5.74, 6) is 0.339. The average molecular weight is 191 g/mol. The summed E-state index contributed by atoms with van der Waals surface area (Å²) >= 11 is 0. The van der Waals surface area contributed by atoms with Crippen LogP contribution in [0.5, 0.6) is 5.75 Å². The van der Waals surface area contributed by atoms with E-state index in [0.29, 0.717) is 11.8 Å². The highest BCUT2D eigenvalue weighted by Gasteiger charge is 2.12. The fourth-order valence-electron chi connectivity index (χ4n) is 2.08. The maximum atomic E-state index is 9.30. The molecule has 1 fully saturated rings. The lowest BCUT2D eigenvalue weighted by Gasteiger charge is -2.23. The Morgan fingerprint density at radius 1 is 1.14 bits per heavy atom. The fraction of sp³-hybridized carbons (Fsp3) is 0.500. The van der Waals surface area contributed by atoms with Gasteiger partial charge in [0, 0.05) is 17.8 Å². The molecule has 0 spiro atoms. The van der Waals surface area contributed by atoms with Crippen molar-refractivity contribution in [1.29, 1.82) is 0 Å². The Morgan fingerprint density at radius 2 is 1.93 bits per heavy atom. The molecule has 0 radical (unpaired) electrons. The minimum Gasteiger partial charge on any atom is -0.508 e. The zero-order valence-electron chi connectivity index (χ0n) is 8.37. The van der Waals surface area contributed by atoms with Crippen LogP contribution < -0.4 is 5.32 Å². The minimum absolute atomic E-state index is 0.339. The lowest BCUT2D eigenvalue weighted by atomic mass is 9.95. The Bertz CT molecular complexity index is 292. The molecule has 1 saturated carbocycles. The summed E-state index contributed by atoms with van der Waals surface area (Å²) in [5, 5.41) is 12.8. The molecule has 2 N–H and O–H groups in total. The molecule has 0 atom stereocenters. The Labute approximate surface area is 85.0 Å². The highest BCUT2D eigenvalue weighted by molar-refractivity contribution is 5.48. The summed E-state index contributed by atoms with van der Waals surface area (Å²) in [6, 6.07) is 7.97. The molecular weight excluding hydrogens is 174 g/mol. The lowest BCUT2D eigenvalue weighted by Crippen LogP contribution is -2.21. The van der Waals surface area contributed by atoms with Gasteiger partial charge in [-0.3, -0.25) is 0 Å². The van der Waals surface area contributed by atoms with Crippen LogP contribution in [0.3, 0.4) is 0 Å². The number of benzene rings is 1. The topological polar surface area (TPSA) is 32.3 Å². The van der Waals surface area contributed by atoms with Crippen LogP contribution in [0, 0.1) is 0 Å². The van der Waals surface area contributed by atoms with E-state index in [2.05, 4.69) is 5.32 Å². The third-order valence-electron chi connectivity index (χ3n) is 2.82. The molecule has 0 heterocycles. The largest absolute Gasteiger partial charge is 0.508 e. The highest BCUT2D eigenvalue weighted by atomic mass is 16.3. The third kappa shape index (κ3) is 2.41. The van der Waals surface area contributed by atoms with Crippen LogP contribution in [-0.4, -0.2) is 11.1 Å². The summed E-state index contributed by atoms with van der Waals surface area (Å²) in [5.41, 5.74) is 1.04. The molecule has 1 aliphatic rings. The van der Waals surface area contributed by atoms with Crippen LogP contribution in [0.1, 0.15) is 32.1 Å². The van der Waals surface area contributed by atoms with Gasteiger partial charge in [0.2, 0.25) is 0 Å². The second kappa shape index (κ2) is 4.36. The third-order valence-corrected chi connectivity index (χ3v) is 2.82. The summed E-state index contributed by atoms with van der Waals surface area (Å²) in [7, 11) is 0. The van der Waals surface area contributed by atoms with Crippen LogP contribution in [-0.2, 0) is 0 Å². The van der Waals surface area contributed by atoms with E-state index >= 15 is 0 Å². The van der Waals surface area contributed by atoms with E-state index in [4.69, 9.17) is 0 Å². The van der Waals surface area contributed by atoms with E-state index in [0.717, 1.165) is 5.69 Å². The van der Waals surface area contributed by atoms with Crippen molar-refractivity contribution in [2.45, 2.75) is 38.1 Å². The van der Waals surface area contributed by atoms with Gasteiger partial charge in [-0.15, -0.1) is 0 Å². The molecular formula is C12H17NO. The van der Waals surface area contributed by atoms with Crippen molar-refractivity contribution in [3.8, 4) is 5.75 Å². The number of phenolic OH excluding ortho intramolecular Hbond substituents is 1. The van der Waals surface area contributed by atoms with Crippen molar-refractivity contribution in [2.24, 2.45) is 0 Å². The summed E-state index contributed by atoms with van der Waals surface area (Å²) in [6.45, 7) is 0. The van der Waals surface area contributed by atoms with E-state index in [1.807, 2.05) is 12.1 Å². The Kier molecular flexibility index (Phi) is 2.92. The molecule has 1 aromatic carbocycles. The summed E-state index contributed by atoms with van der Waals surface area (Å²) < 4.78 is 0. The zero-order chi connectivity index (χ0) is 9.80. The van der Waals surface area contributed by atoms with E-state index in [1.54, 1.807) is 12.1 Å². The second-order valence-corrected chi connectivity index (χ2v) is 4.03. The molecule has 2 nitrogen and oxygen atoms in total. The molecule has 0 aromatic heterocycles. The van der Waals surface area contributed by atoms with Crippen molar-refractivity contribution in [3.63, 3.8) is 0 Å². The van der Waals surface area contributed by atoms with Crippen molar-refractivity contribution >= 4 is 5.69 Å². The van der Waals surface area contributed by atoms with Gasteiger partial charge in [0.25, 0.3) is 0 Å². The number of aromatic hydroxyl groups is 1. The van der Waals surface area contributed by atoms with E-state index in [1.165, 1.54) is 32.1 Å². The van der Waals surface area contributed by atoms with Crippen LogP contribution in [0.2, 0.25) is 0 Å². The molecule has 1 aromatic rings. The predicted molar refractivity (Wildman–Crippen MR) is 58.6 cm³/mol. The number of anilines is 1. The number of hydrogen-bond acceptors (Lipinski definition) is 2. The Morgan fingerprint density at radius 3 is 2.64 bits per heavy atom. The number of nitrogens with one attached hydrogen (secondary N) is 1. The van der Waals surface area contributed by atoms with Crippen molar-refractivity contribution in [2.75, 3.05) is 5.32 Å². The van der Waals surface area contributed by atoms with Crippen molar-refractivity contribution in [3.05, 3.63) is 24.3 Å². The van der Waals surface area contributed by atoms with Gasteiger partial charge in [0.15, 0.2) is 0 Å². The van der Waals surface area contributed by atoms with Gasteiger partial charge >= 0.3 is 0 Å². The maximum absolute atomic E-state index is 9.30. The molecule has 14 heavy (non-hydrogen) atoms. The standard InChI is InChI=1S/C12H17NO/c14-12-8-4-7-11(9-12)13-10-5-2-1-3-6-10/h4,7-10,13-14H,1-3,5-6H2. The van der Waals surface area contributed by atoms with Crippen molar-refractivity contribution in [1.82, 2.24) is 0 Å². The SMILES string of the molecule is Oc1cccc(NC2CCCCC2)c1. The molecule has 2 heteroatoms. The Hall–Kier alpha value is -1.18. The average Bonchev–Trinajstić information content (AvgIpc) is 2.19. The lowest BCUT2D eigenvalue weighted by molar-refractivity contribution is 0.461. The molecule has 0 unspecified atom stereocenters. The number of rotatable bonds is 2. The van der Waals surface area contributed by atoms with Gasteiger partial charge in [-0.05, 0) is 25.0 Å². The molecule has 1 aliphatic carbocycles. The first-order chi connectivity index (χ1) is 6.84.